The number of carbonyl (C=O) groups excluding carboxylic acids is 2. The van der Waals surface area contributed by atoms with E-state index >= 15 is 0 Å². The molecule has 0 aliphatic rings. The number of Topliss-reactive ketones (excluding diaryl/α,β-unsaturated/α-hetero) is 1. The molecule has 0 spiro atoms. The number of ketones is 1. The number of hydrogen-bond donors (Lipinski definition) is 3. The first-order chi connectivity index (χ1) is 16.5. The molecule has 0 saturated heterocycles. The Bertz CT molecular complexity index is 1290. The maximum atomic E-state index is 11.4. The molecule has 0 saturated carbocycles. The molecule has 25 heteroatoms. The van der Waals surface area contributed by atoms with Crippen molar-refractivity contribution in [3.05, 3.63) is 30.6 Å². The van der Waals surface area contributed by atoms with Crippen molar-refractivity contribution in [2.24, 2.45) is 5.11 Å². The van der Waals surface area contributed by atoms with Gasteiger partial charge < -0.3 is 20.3 Å². The summed E-state index contributed by atoms with van der Waals surface area (Å²) in [6, 6.07) is -1.88. The molecule has 4 N–H and O–H groups in total. The molecular formula is C13H17N12Na2O9S2+. The summed E-state index contributed by atoms with van der Waals surface area (Å²) < 4.78 is 4.92. The van der Waals surface area contributed by atoms with Crippen molar-refractivity contribution in [2.45, 2.75) is 23.3 Å². The first-order valence-electron chi connectivity index (χ1n) is 8.60. The van der Waals surface area contributed by atoms with Gasteiger partial charge in [0.05, 0.1) is 12.2 Å². The molecule has 3 heterocycles. The van der Waals surface area contributed by atoms with Gasteiger partial charge in [-0.15, -0.1) is 10.2 Å². The summed E-state index contributed by atoms with van der Waals surface area (Å²) in [7, 11) is 0.988. The number of nitrogens with one attached hydrogen (secondary N) is 3. The summed E-state index contributed by atoms with van der Waals surface area (Å²) in [5.41, 5.74) is 5.64. The maximum Gasteiger partial charge on any atom is 1.00 e. The van der Waals surface area contributed by atoms with E-state index in [1.807, 2.05) is 6.26 Å². The number of hydrogen-bond acceptors (Lipinski definition) is 18. The molecule has 0 bridgehead atoms. The predicted octanol–water partition coefficient (Wildman–Crippen LogP) is -6.14. The number of aromatic nitrogens is 8. The second-order valence-electron chi connectivity index (χ2n) is 5.53. The third-order valence-corrected chi connectivity index (χ3v) is 4.48. The van der Waals surface area contributed by atoms with E-state index in [4.69, 9.17) is 5.53 Å². The van der Waals surface area contributed by atoms with Crippen molar-refractivity contribution in [1.82, 2.24) is 40.0 Å². The number of fused-ring (bicyclic) bond motifs is 1. The standard InChI is InChI=1S/C5H4N6O3S.C5H7NO5.C3H5N5S.2Na.H2O/c1-15-5-6-4-8-7-2(11(13)14)3(12)10(4)9-5;1-3(7)4(6(9)10)5(8)11-2;1-9-3-5-2(6-4)7-8-3;;;/h1H3,(H,6,8,9);4H,1-2H3;4H,1H3,(H,5,7,8);;;1H2/q;;;2*+1;/p-1. The van der Waals surface area contributed by atoms with Gasteiger partial charge in [-0.3, -0.25) is 24.8 Å². The van der Waals surface area contributed by atoms with E-state index in [1.165, 1.54) is 23.5 Å². The van der Waals surface area contributed by atoms with E-state index in [-0.39, 0.29) is 76.3 Å². The molecule has 1 unspecified atom stereocenters. The van der Waals surface area contributed by atoms with Crippen LogP contribution in [0.15, 0.2) is 20.2 Å². The van der Waals surface area contributed by atoms with E-state index in [1.54, 1.807) is 6.26 Å². The van der Waals surface area contributed by atoms with Gasteiger partial charge in [-0.1, -0.05) is 23.5 Å². The fraction of sp³-hybridized carbons (Fsp3) is 0.385. The molecule has 0 aliphatic heterocycles. The van der Waals surface area contributed by atoms with Gasteiger partial charge in [0.2, 0.25) is 10.9 Å². The summed E-state index contributed by atoms with van der Waals surface area (Å²) in [5.74, 6) is -2.54. The number of ether oxygens (including phenoxy) is 1. The van der Waals surface area contributed by atoms with Crippen LogP contribution in [0, 0.1) is 25.8 Å². The molecule has 0 radical (unpaired) electrons. The predicted molar refractivity (Wildman–Crippen MR) is 118 cm³/mol. The summed E-state index contributed by atoms with van der Waals surface area (Å²) >= 11 is 2.66. The van der Waals surface area contributed by atoms with E-state index in [9.17, 15) is 34.6 Å². The normalized spacial score (nSPS) is 9.89. The third kappa shape index (κ3) is 11.6. The van der Waals surface area contributed by atoms with Crippen molar-refractivity contribution in [3.8, 4) is 0 Å². The van der Waals surface area contributed by atoms with Gasteiger partial charge >= 0.3 is 82.5 Å². The van der Waals surface area contributed by atoms with Crippen molar-refractivity contribution >= 4 is 52.8 Å². The number of methoxy groups -OCH3 is 1. The topological polar surface area (TPSA) is 313 Å². The fourth-order valence-electron chi connectivity index (χ4n) is 1.85. The Labute approximate surface area is 263 Å². The molecule has 38 heavy (non-hydrogen) atoms. The smallest absolute Gasteiger partial charge is 0.870 e. The SMILES string of the molecule is COC(=O)C(C(C)=O)[N+](=O)[O-].CSc1n[nH]c(N=N)n1.CSc1nc2nnc([N+](=O)[O-])c(=O)n2[nH]1.[Na+].[Na+].[OH-]. The van der Waals surface area contributed by atoms with Gasteiger partial charge in [0, 0.05) is 16.9 Å². The Morgan fingerprint density at radius 2 is 1.76 bits per heavy atom. The fourth-order valence-corrected chi connectivity index (χ4v) is 2.52. The van der Waals surface area contributed by atoms with Crippen LogP contribution >= 0.6 is 23.5 Å². The third-order valence-electron chi connectivity index (χ3n) is 3.37. The first-order valence-corrected chi connectivity index (χ1v) is 11.0. The zero-order chi connectivity index (χ0) is 26.7. The summed E-state index contributed by atoms with van der Waals surface area (Å²) in [4.78, 5) is 58.6. The van der Waals surface area contributed by atoms with Crippen LogP contribution in [0.5, 0.6) is 0 Å². The minimum atomic E-state index is -1.88. The monoisotopic (exact) mass is 595 g/mol. The van der Waals surface area contributed by atoms with Crippen molar-refractivity contribution in [1.29, 1.82) is 5.53 Å². The zero-order valence-electron chi connectivity index (χ0n) is 20.6. The zero-order valence-corrected chi connectivity index (χ0v) is 26.3. The van der Waals surface area contributed by atoms with Crippen LogP contribution in [0.2, 0.25) is 0 Å². The summed E-state index contributed by atoms with van der Waals surface area (Å²) in [6.45, 7) is 0.963. The van der Waals surface area contributed by atoms with Gasteiger partial charge in [-0.25, -0.2) is 15.4 Å². The van der Waals surface area contributed by atoms with Gasteiger partial charge in [0.15, 0.2) is 5.16 Å². The van der Waals surface area contributed by atoms with E-state index < -0.39 is 39.0 Å². The Balaban J connectivity index is -0.000000482. The molecule has 3 aromatic heterocycles. The largest absolute Gasteiger partial charge is 1.00 e. The molecule has 3 aromatic rings. The summed E-state index contributed by atoms with van der Waals surface area (Å²) in [6.07, 6.45) is 3.60. The van der Waals surface area contributed by atoms with Gasteiger partial charge in [-0.2, -0.15) is 14.5 Å². The molecular weight excluding hydrogens is 578 g/mol. The quantitative estimate of drug-likeness (QED) is 0.0435. The molecule has 3 rings (SSSR count). The van der Waals surface area contributed by atoms with Crippen LogP contribution < -0.4 is 64.7 Å². The van der Waals surface area contributed by atoms with E-state index in [0.29, 0.717) is 10.3 Å². The number of aromatic amines is 2. The van der Waals surface area contributed by atoms with Crippen LogP contribution in [-0.4, -0.2) is 92.7 Å². The number of thioether (sulfide) groups is 2. The minimum Gasteiger partial charge on any atom is -0.870 e. The molecule has 1 atom stereocenters. The van der Waals surface area contributed by atoms with Crippen molar-refractivity contribution < 1.29 is 88.8 Å². The maximum absolute atomic E-state index is 11.4. The van der Waals surface area contributed by atoms with E-state index in [0.717, 1.165) is 18.5 Å². The molecule has 0 amide bonds. The number of nitrogens with zero attached hydrogens (tertiary/aromatic N) is 9. The van der Waals surface area contributed by atoms with Crippen molar-refractivity contribution in [2.75, 3.05) is 19.6 Å². The van der Waals surface area contributed by atoms with Gasteiger partial charge in [0.1, 0.15) is 0 Å². The molecule has 0 fully saturated rings. The Morgan fingerprint density at radius 3 is 2.11 bits per heavy atom. The number of rotatable bonds is 7. The number of esters is 1. The second kappa shape index (κ2) is 19.7. The van der Waals surface area contributed by atoms with E-state index in [2.05, 4.69) is 45.3 Å². The average Bonchev–Trinajstić information content (AvgIpc) is 3.46. The molecule has 21 nitrogen and oxygen atoms in total. The van der Waals surface area contributed by atoms with Gasteiger partial charge in [-0.05, 0) is 17.4 Å². The first kappa shape index (κ1) is 40.1. The Hall–Kier alpha value is -2.38. The van der Waals surface area contributed by atoms with Crippen LogP contribution in [0.3, 0.4) is 0 Å². The Kier molecular flexibility index (Phi) is 20.8. The molecule has 0 aromatic carbocycles. The second-order valence-corrected chi connectivity index (χ2v) is 7.10. The number of H-pyrrole nitrogens is 2. The summed E-state index contributed by atoms with van der Waals surface area (Å²) in [5, 5.41) is 39.9. The Morgan fingerprint density at radius 1 is 1.16 bits per heavy atom. The minimum absolute atomic E-state index is 0. The van der Waals surface area contributed by atoms with Crippen LogP contribution in [0.4, 0.5) is 11.8 Å². The molecule has 0 aliphatic carbocycles. The number of nitro groups is 2. The average molecular weight is 595 g/mol. The van der Waals surface area contributed by atoms with Crippen LogP contribution in [0.25, 0.3) is 5.78 Å². The van der Waals surface area contributed by atoms with Crippen LogP contribution in [-0.2, 0) is 14.3 Å². The van der Waals surface area contributed by atoms with Crippen molar-refractivity contribution in [3.63, 3.8) is 0 Å². The molecule has 196 valence electrons. The number of carbonyl (C=O) groups is 2. The van der Waals surface area contributed by atoms with Crippen LogP contribution in [0.1, 0.15) is 6.92 Å². The van der Waals surface area contributed by atoms with Gasteiger partial charge in [0.25, 0.3) is 11.7 Å².